The number of aromatic nitrogens is 4. The molecule has 0 aliphatic rings. The second-order valence-electron chi connectivity index (χ2n) is 5.49. The summed E-state index contributed by atoms with van der Waals surface area (Å²) in [6.07, 6.45) is 5.26. The number of nitrogens with zero attached hydrogens (tertiary/aromatic N) is 4. The normalized spacial score (nSPS) is 10.6. The predicted octanol–water partition coefficient (Wildman–Crippen LogP) is 1.15. The molecule has 0 bridgehead atoms. The van der Waals surface area contributed by atoms with E-state index in [2.05, 4.69) is 25.7 Å². The molecule has 2 aromatic heterocycles. The number of anilines is 1. The maximum Gasteiger partial charge on any atom is 0.227 e. The van der Waals surface area contributed by atoms with E-state index in [0.29, 0.717) is 24.7 Å². The van der Waals surface area contributed by atoms with Gasteiger partial charge in [0.25, 0.3) is 0 Å². The Labute approximate surface area is 134 Å². The standard InChI is InChI=1S/C15H20N6O2/c1-11(2)7-15(23)17-6-5-14(22)20-13-4-3-12(8-18-13)21-10-16-9-19-21/h3-4,8-11H,5-7H2,1-2H3,(H,17,23)(H,18,20,22). The van der Waals surface area contributed by atoms with Crippen LogP contribution in [0.15, 0.2) is 31.0 Å². The van der Waals surface area contributed by atoms with Gasteiger partial charge in [-0.1, -0.05) is 13.8 Å². The number of carbonyl (C=O) groups excluding carboxylic acids is 2. The molecule has 2 aromatic rings. The van der Waals surface area contributed by atoms with Gasteiger partial charge in [0, 0.05) is 19.4 Å². The van der Waals surface area contributed by atoms with Crippen LogP contribution in [0.25, 0.3) is 5.69 Å². The SMILES string of the molecule is CC(C)CC(=O)NCCC(=O)Nc1ccc(-n2cncn2)cn1. The molecule has 8 heteroatoms. The molecule has 0 aliphatic heterocycles. The lowest BCUT2D eigenvalue weighted by Gasteiger charge is -2.08. The van der Waals surface area contributed by atoms with Gasteiger partial charge in [0.15, 0.2) is 0 Å². The molecule has 2 amide bonds. The number of carbonyl (C=O) groups is 2. The molecule has 23 heavy (non-hydrogen) atoms. The summed E-state index contributed by atoms with van der Waals surface area (Å²) in [6, 6.07) is 3.47. The van der Waals surface area contributed by atoms with Crippen molar-refractivity contribution in [3.8, 4) is 5.69 Å². The quantitative estimate of drug-likeness (QED) is 0.798. The Morgan fingerprint density at radius 3 is 2.70 bits per heavy atom. The van der Waals surface area contributed by atoms with Crippen molar-refractivity contribution < 1.29 is 9.59 Å². The molecular formula is C15H20N6O2. The monoisotopic (exact) mass is 316 g/mol. The lowest BCUT2D eigenvalue weighted by Crippen LogP contribution is -2.28. The summed E-state index contributed by atoms with van der Waals surface area (Å²) in [6.45, 7) is 4.26. The van der Waals surface area contributed by atoms with Crippen LogP contribution in [0.1, 0.15) is 26.7 Å². The topological polar surface area (TPSA) is 102 Å². The Hall–Kier alpha value is -2.77. The molecule has 2 rings (SSSR count). The molecule has 0 aliphatic carbocycles. The van der Waals surface area contributed by atoms with E-state index < -0.39 is 0 Å². The summed E-state index contributed by atoms with van der Waals surface area (Å²) in [4.78, 5) is 31.3. The van der Waals surface area contributed by atoms with Crippen LogP contribution in [0.5, 0.6) is 0 Å². The van der Waals surface area contributed by atoms with Crippen molar-refractivity contribution in [1.29, 1.82) is 0 Å². The second-order valence-corrected chi connectivity index (χ2v) is 5.49. The fraction of sp³-hybridized carbons (Fsp3) is 0.400. The van der Waals surface area contributed by atoms with Crippen molar-refractivity contribution in [2.45, 2.75) is 26.7 Å². The van der Waals surface area contributed by atoms with E-state index >= 15 is 0 Å². The molecule has 0 saturated heterocycles. The van der Waals surface area contributed by atoms with Crippen LogP contribution in [-0.2, 0) is 9.59 Å². The zero-order valence-electron chi connectivity index (χ0n) is 13.2. The number of hydrogen-bond acceptors (Lipinski definition) is 5. The number of amides is 2. The summed E-state index contributed by atoms with van der Waals surface area (Å²) in [5.74, 6) is 0.517. The Balaban J connectivity index is 1.76. The van der Waals surface area contributed by atoms with Crippen molar-refractivity contribution in [2.75, 3.05) is 11.9 Å². The first-order valence-electron chi connectivity index (χ1n) is 7.42. The third-order valence-corrected chi connectivity index (χ3v) is 2.97. The van der Waals surface area contributed by atoms with Crippen molar-refractivity contribution in [1.82, 2.24) is 25.1 Å². The zero-order valence-corrected chi connectivity index (χ0v) is 13.2. The fourth-order valence-electron chi connectivity index (χ4n) is 1.90. The van der Waals surface area contributed by atoms with Gasteiger partial charge in [0.1, 0.15) is 18.5 Å². The highest BCUT2D eigenvalue weighted by molar-refractivity contribution is 5.90. The predicted molar refractivity (Wildman–Crippen MR) is 84.9 cm³/mol. The highest BCUT2D eigenvalue weighted by atomic mass is 16.2. The van der Waals surface area contributed by atoms with Gasteiger partial charge >= 0.3 is 0 Å². The summed E-state index contributed by atoms with van der Waals surface area (Å²) in [5, 5.41) is 9.39. The first-order valence-corrected chi connectivity index (χ1v) is 7.42. The van der Waals surface area contributed by atoms with Crippen LogP contribution in [0.2, 0.25) is 0 Å². The van der Waals surface area contributed by atoms with Gasteiger partial charge < -0.3 is 10.6 Å². The lowest BCUT2D eigenvalue weighted by atomic mass is 10.1. The molecular weight excluding hydrogens is 296 g/mol. The Morgan fingerprint density at radius 1 is 1.26 bits per heavy atom. The smallest absolute Gasteiger partial charge is 0.227 e. The molecule has 0 spiro atoms. The summed E-state index contributed by atoms with van der Waals surface area (Å²) in [7, 11) is 0. The minimum Gasteiger partial charge on any atom is -0.356 e. The molecule has 122 valence electrons. The van der Waals surface area contributed by atoms with Gasteiger partial charge in [-0.2, -0.15) is 5.10 Å². The largest absolute Gasteiger partial charge is 0.356 e. The maximum absolute atomic E-state index is 11.8. The minimum absolute atomic E-state index is 0.0388. The third kappa shape index (κ3) is 5.50. The van der Waals surface area contributed by atoms with Gasteiger partial charge in [-0.15, -0.1) is 0 Å². The van der Waals surface area contributed by atoms with Crippen molar-refractivity contribution in [3.63, 3.8) is 0 Å². The van der Waals surface area contributed by atoms with Crippen LogP contribution in [0.4, 0.5) is 5.82 Å². The first-order chi connectivity index (χ1) is 11.0. The summed E-state index contributed by atoms with van der Waals surface area (Å²) >= 11 is 0. The van der Waals surface area contributed by atoms with E-state index in [4.69, 9.17) is 0 Å². The van der Waals surface area contributed by atoms with Crippen LogP contribution in [0, 0.1) is 5.92 Å². The van der Waals surface area contributed by atoms with E-state index in [-0.39, 0.29) is 18.2 Å². The average molecular weight is 316 g/mol. The number of rotatable bonds is 7. The summed E-state index contributed by atoms with van der Waals surface area (Å²) in [5.41, 5.74) is 0.751. The van der Waals surface area contributed by atoms with Crippen LogP contribution in [-0.4, -0.2) is 38.1 Å². The number of hydrogen-bond donors (Lipinski definition) is 2. The van der Waals surface area contributed by atoms with E-state index in [1.54, 1.807) is 29.3 Å². The molecule has 0 aromatic carbocycles. The molecule has 2 heterocycles. The first kappa shape index (κ1) is 16.6. The molecule has 8 nitrogen and oxygen atoms in total. The zero-order chi connectivity index (χ0) is 16.7. The lowest BCUT2D eigenvalue weighted by molar-refractivity contribution is -0.121. The van der Waals surface area contributed by atoms with E-state index in [1.807, 2.05) is 13.8 Å². The third-order valence-electron chi connectivity index (χ3n) is 2.97. The van der Waals surface area contributed by atoms with Crippen molar-refractivity contribution in [2.24, 2.45) is 5.92 Å². The highest BCUT2D eigenvalue weighted by Crippen LogP contribution is 2.08. The molecule has 0 fully saturated rings. The number of pyridine rings is 1. The van der Waals surface area contributed by atoms with E-state index in [0.717, 1.165) is 5.69 Å². The average Bonchev–Trinajstić information content (AvgIpc) is 3.01. The van der Waals surface area contributed by atoms with Crippen LogP contribution < -0.4 is 10.6 Å². The van der Waals surface area contributed by atoms with Crippen LogP contribution in [0.3, 0.4) is 0 Å². The Morgan fingerprint density at radius 2 is 2.09 bits per heavy atom. The van der Waals surface area contributed by atoms with Gasteiger partial charge in [-0.05, 0) is 18.1 Å². The Kier molecular flexibility index (Phi) is 5.79. The maximum atomic E-state index is 11.8. The van der Waals surface area contributed by atoms with Crippen molar-refractivity contribution >= 4 is 17.6 Å². The molecule has 0 atom stereocenters. The van der Waals surface area contributed by atoms with Gasteiger partial charge in [0.05, 0.1) is 11.9 Å². The number of nitrogens with one attached hydrogen (secondary N) is 2. The van der Waals surface area contributed by atoms with Crippen molar-refractivity contribution in [3.05, 3.63) is 31.0 Å². The highest BCUT2D eigenvalue weighted by Gasteiger charge is 2.07. The van der Waals surface area contributed by atoms with E-state index in [9.17, 15) is 9.59 Å². The van der Waals surface area contributed by atoms with Gasteiger partial charge in [0.2, 0.25) is 11.8 Å². The molecule has 0 unspecified atom stereocenters. The second kappa shape index (κ2) is 8.02. The van der Waals surface area contributed by atoms with Gasteiger partial charge in [-0.3, -0.25) is 9.59 Å². The molecule has 0 saturated carbocycles. The van der Waals surface area contributed by atoms with Gasteiger partial charge in [-0.25, -0.2) is 14.6 Å². The summed E-state index contributed by atoms with van der Waals surface area (Å²) < 4.78 is 1.57. The minimum atomic E-state index is -0.198. The van der Waals surface area contributed by atoms with E-state index in [1.165, 1.54) is 6.33 Å². The molecule has 2 N–H and O–H groups in total. The fourth-order valence-corrected chi connectivity index (χ4v) is 1.90. The van der Waals surface area contributed by atoms with Crippen LogP contribution >= 0.6 is 0 Å². The molecule has 0 radical (unpaired) electrons. The Bertz CT molecular complexity index is 636.